The van der Waals surface area contributed by atoms with Crippen molar-refractivity contribution in [3.63, 3.8) is 0 Å². The molecule has 0 bridgehead atoms. The van der Waals surface area contributed by atoms with Gasteiger partial charge in [-0.1, -0.05) is 13.8 Å². The number of carboxylic acids is 2. The lowest BCUT2D eigenvalue weighted by Gasteiger charge is -2.31. The highest BCUT2D eigenvalue weighted by Gasteiger charge is 2.43. The number of aliphatic hydroxyl groups is 1. The van der Waals surface area contributed by atoms with Crippen molar-refractivity contribution in [2.45, 2.75) is 57.3 Å². The van der Waals surface area contributed by atoms with Gasteiger partial charge >= 0.3 is 17.9 Å². The summed E-state index contributed by atoms with van der Waals surface area (Å²) in [5, 5.41) is 27.3. The predicted molar refractivity (Wildman–Crippen MR) is 70.5 cm³/mol. The minimum atomic E-state index is -2.71. The summed E-state index contributed by atoms with van der Waals surface area (Å²) < 4.78 is 10.3. The van der Waals surface area contributed by atoms with Crippen LogP contribution in [0.15, 0.2) is 0 Å². The summed E-state index contributed by atoms with van der Waals surface area (Å²) in [4.78, 5) is 33.4. The van der Waals surface area contributed by atoms with Crippen LogP contribution < -0.4 is 0 Å². The number of hydrogen-bond donors (Lipinski definition) is 3. The van der Waals surface area contributed by atoms with Gasteiger partial charge in [-0.2, -0.15) is 0 Å². The Balaban J connectivity index is 5.00. The average molecular weight is 306 g/mol. The van der Waals surface area contributed by atoms with Gasteiger partial charge in [0.05, 0.1) is 12.8 Å². The van der Waals surface area contributed by atoms with E-state index >= 15 is 0 Å². The standard InChI is InChI=1S/C13H22O8/c1-4-6-13(5-2,20-3)21-10(16)8-12(19,11(17)18)7-9(14)15/h19H,4-8H2,1-3H3,(H,14,15)(H,17,18). The molecular weight excluding hydrogens is 284 g/mol. The third kappa shape index (κ3) is 5.68. The third-order valence-corrected chi connectivity index (χ3v) is 3.12. The summed E-state index contributed by atoms with van der Waals surface area (Å²) in [5.74, 6) is -5.56. The maximum absolute atomic E-state index is 11.8. The monoisotopic (exact) mass is 306 g/mol. The minimum Gasteiger partial charge on any atom is -0.481 e. The topological polar surface area (TPSA) is 130 Å². The Bertz CT molecular complexity index is 388. The van der Waals surface area contributed by atoms with E-state index in [0.29, 0.717) is 19.3 Å². The molecule has 0 aromatic heterocycles. The van der Waals surface area contributed by atoms with Gasteiger partial charge in [0.15, 0.2) is 5.60 Å². The van der Waals surface area contributed by atoms with Gasteiger partial charge < -0.3 is 24.8 Å². The summed E-state index contributed by atoms with van der Waals surface area (Å²) in [6, 6.07) is 0. The lowest BCUT2D eigenvalue weighted by Crippen LogP contribution is -2.45. The maximum atomic E-state index is 11.8. The minimum absolute atomic E-state index is 0.341. The molecule has 0 aliphatic rings. The van der Waals surface area contributed by atoms with Gasteiger partial charge in [0, 0.05) is 20.0 Å². The van der Waals surface area contributed by atoms with Gasteiger partial charge in [0.1, 0.15) is 0 Å². The number of carbonyl (C=O) groups excluding carboxylic acids is 1. The molecule has 3 N–H and O–H groups in total. The van der Waals surface area contributed by atoms with Crippen molar-refractivity contribution in [1.82, 2.24) is 0 Å². The first-order valence-corrected chi connectivity index (χ1v) is 6.59. The first kappa shape index (κ1) is 19.3. The molecule has 0 saturated carbocycles. The van der Waals surface area contributed by atoms with Crippen LogP contribution in [-0.4, -0.2) is 51.7 Å². The third-order valence-electron chi connectivity index (χ3n) is 3.12. The summed E-state index contributed by atoms with van der Waals surface area (Å²) in [7, 11) is 1.35. The molecule has 0 rings (SSSR count). The highest BCUT2D eigenvalue weighted by Crippen LogP contribution is 2.26. The molecule has 8 heteroatoms. The molecule has 0 spiro atoms. The second-order valence-corrected chi connectivity index (χ2v) is 4.78. The summed E-state index contributed by atoms with van der Waals surface area (Å²) >= 11 is 0. The van der Waals surface area contributed by atoms with Crippen molar-refractivity contribution < 1.29 is 39.2 Å². The molecule has 122 valence electrons. The molecule has 0 aromatic carbocycles. The fourth-order valence-electron chi connectivity index (χ4n) is 1.92. The smallest absolute Gasteiger partial charge is 0.336 e. The van der Waals surface area contributed by atoms with Gasteiger partial charge in [-0.05, 0) is 6.42 Å². The zero-order chi connectivity index (χ0) is 16.7. The van der Waals surface area contributed by atoms with Crippen LogP contribution >= 0.6 is 0 Å². The van der Waals surface area contributed by atoms with E-state index < -0.39 is 42.1 Å². The van der Waals surface area contributed by atoms with Crippen LogP contribution in [0.25, 0.3) is 0 Å². The quantitative estimate of drug-likeness (QED) is 0.398. The van der Waals surface area contributed by atoms with E-state index in [1.165, 1.54) is 7.11 Å². The molecular formula is C13H22O8. The van der Waals surface area contributed by atoms with Crippen LogP contribution in [0.3, 0.4) is 0 Å². The van der Waals surface area contributed by atoms with Crippen molar-refractivity contribution in [2.75, 3.05) is 7.11 Å². The molecule has 0 amide bonds. The Labute approximate surface area is 122 Å². The zero-order valence-corrected chi connectivity index (χ0v) is 12.4. The molecule has 2 atom stereocenters. The molecule has 0 aromatic rings. The number of carboxylic acid groups (broad SMARTS) is 2. The SMILES string of the molecule is CCCC(CC)(OC)OC(=O)CC(O)(CC(=O)O)C(=O)O. The number of hydrogen-bond acceptors (Lipinski definition) is 6. The normalized spacial score (nSPS) is 16.6. The van der Waals surface area contributed by atoms with E-state index in [0.717, 1.165) is 0 Å². The molecule has 0 aliphatic carbocycles. The average Bonchev–Trinajstić information content (AvgIpc) is 2.36. The second kappa shape index (κ2) is 7.94. The molecule has 21 heavy (non-hydrogen) atoms. The van der Waals surface area contributed by atoms with E-state index in [-0.39, 0.29) is 0 Å². The fraction of sp³-hybridized carbons (Fsp3) is 0.769. The van der Waals surface area contributed by atoms with Crippen LogP contribution in [0.2, 0.25) is 0 Å². The number of ether oxygens (including phenoxy) is 2. The van der Waals surface area contributed by atoms with Gasteiger partial charge in [0.25, 0.3) is 0 Å². The van der Waals surface area contributed by atoms with Gasteiger partial charge in [-0.25, -0.2) is 4.79 Å². The molecule has 2 unspecified atom stereocenters. The van der Waals surface area contributed by atoms with Crippen LogP contribution in [0.1, 0.15) is 46.0 Å². The Hall–Kier alpha value is -1.67. The first-order chi connectivity index (χ1) is 9.64. The number of methoxy groups -OCH3 is 1. The van der Waals surface area contributed by atoms with E-state index in [1.807, 2.05) is 6.92 Å². The number of carbonyl (C=O) groups is 3. The number of aliphatic carboxylic acids is 2. The van der Waals surface area contributed by atoms with Crippen molar-refractivity contribution >= 4 is 17.9 Å². The van der Waals surface area contributed by atoms with Crippen molar-refractivity contribution in [2.24, 2.45) is 0 Å². The first-order valence-electron chi connectivity index (χ1n) is 6.59. The molecule has 0 saturated heterocycles. The Morgan fingerprint density at radius 1 is 1.10 bits per heavy atom. The van der Waals surface area contributed by atoms with E-state index in [4.69, 9.17) is 19.7 Å². The van der Waals surface area contributed by atoms with Crippen molar-refractivity contribution in [3.8, 4) is 0 Å². The summed E-state index contributed by atoms with van der Waals surface area (Å²) in [6.45, 7) is 3.59. The molecule has 0 heterocycles. The van der Waals surface area contributed by atoms with Crippen molar-refractivity contribution in [1.29, 1.82) is 0 Å². The molecule has 0 radical (unpaired) electrons. The highest BCUT2D eigenvalue weighted by atomic mass is 16.7. The van der Waals surface area contributed by atoms with Gasteiger partial charge in [-0.3, -0.25) is 9.59 Å². The van der Waals surface area contributed by atoms with E-state index in [2.05, 4.69) is 0 Å². The lowest BCUT2D eigenvalue weighted by atomic mass is 9.95. The summed E-state index contributed by atoms with van der Waals surface area (Å²) in [5.41, 5.74) is -2.71. The van der Waals surface area contributed by atoms with Crippen LogP contribution in [0, 0.1) is 0 Å². The maximum Gasteiger partial charge on any atom is 0.336 e. The highest BCUT2D eigenvalue weighted by molar-refractivity contribution is 5.88. The van der Waals surface area contributed by atoms with E-state index in [9.17, 15) is 19.5 Å². The Morgan fingerprint density at radius 2 is 1.67 bits per heavy atom. The Kier molecular flexibility index (Phi) is 7.31. The molecule has 0 aliphatic heterocycles. The zero-order valence-electron chi connectivity index (χ0n) is 12.4. The Morgan fingerprint density at radius 3 is 2.00 bits per heavy atom. The number of rotatable bonds is 10. The fourth-order valence-corrected chi connectivity index (χ4v) is 1.92. The largest absolute Gasteiger partial charge is 0.481 e. The number of esters is 1. The van der Waals surface area contributed by atoms with Gasteiger partial charge in [-0.15, -0.1) is 0 Å². The van der Waals surface area contributed by atoms with Crippen molar-refractivity contribution in [3.05, 3.63) is 0 Å². The molecule has 0 fully saturated rings. The lowest BCUT2D eigenvalue weighted by molar-refractivity contribution is -0.229. The van der Waals surface area contributed by atoms with Crippen LogP contribution in [-0.2, 0) is 23.9 Å². The second-order valence-electron chi connectivity index (χ2n) is 4.78. The predicted octanol–water partition coefficient (Wildman–Crippen LogP) is 0.763. The van der Waals surface area contributed by atoms with E-state index in [1.54, 1.807) is 6.92 Å². The molecule has 8 nitrogen and oxygen atoms in total. The van der Waals surface area contributed by atoms with Crippen LogP contribution in [0.5, 0.6) is 0 Å². The summed E-state index contributed by atoms with van der Waals surface area (Å²) in [6.07, 6.45) is -0.669. The van der Waals surface area contributed by atoms with Crippen LogP contribution in [0.4, 0.5) is 0 Å². The van der Waals surface area contributed by atoms with Gasteiger partial charge in [0.2, 0.25) is 5.79 Å².